The second-order valence-electron chi connectivity index (χ2n) is 4.78. The quantitative estimate of drug-likeness (QED) is 0.836. The molecule has 1 saturated heterocycles. The van der Waals surface area contributed by atoms with Gasteiger partial charge in [0.15, 0.2) is 6.61 Å². The molecule has 1 aliphatic heterocycles. The maximum atomic E-state index is 12.2. The second-order valence-corrected chi connectivity index (χ2v) is 6.55. The number of likely N-dealkylation sites (tertiary alicyclic amines) is 1. The highest BCUT2D eigenvalue weighted by molar-refractivity contribution is 9.11. The van der Waals surface area contributed by atoms with Crippen molar-refractivity contribution in [1.29, 1.82) is 0 Å². The topological polar surface area (TPSA) is 49.8 Å². The first-order chi connectivity index (χ1) is 9.61. The van der Waals surface area contributed by atoms with Crippen LogP contribution >= 0.6 is 31.9 Å². The number of carbonyl (C=O) groups is 1. The molecule has 1 aromatic rings. The molecule has 1 amide bonds. The Labute approximate surface area is 135 Å². The average molecular weight is 407 g/mol. The molecular weight excluding hydrogens is 390 g/mol. The van der Waals surface area contributed by atoms with Gasteiger partial charge in [0.05, 0.1) is 17.1 Å². The highest BCUT2D eigenvalue weighted by Gasteiger charge is 2.26. The van der Waals surface area contributed by atoms with Gasteiger partial charge in [-0.2, -0.15) is 0 Å². The van der Waals surface area contributed by atoms with Crippen molar-refractivity contribution in [2.75, 3.05) is 19.8 Å². The first-order valence-electron chi connectivity index (χ1n) is 6.60. The van der Waals surface area contributed by atoms with E-state index in [1.54, 1.807) is 11.0 Å². The van der Waals surface area contributed by atoms with Crippen molar-refractivity contribution in [2.24, 2.45) is 0 Å². The van der Waals surface area contributed by atoms with Gasteiger partial charge in [-0.3, -0.25) is 4.79 Å². The largest absolute Gasteiger partial charge is 0.483 e. The minimum Gasteiger partial charge on any atom is -0.483 e. The number of piperidine rings is 1. The molecular formula is C14H17Br2NO3. The molecule has 1 N–H and O–H groups in total. The summed E-state index contributed by atoms with van der Waals surface area (Å²) in [5, 5.41) is 9.32. The molecule has 0 saturated carbocycles. The smallest absolute Gasteiger partial charge is 0.260 e. The summed E-state index contributed by atoms with van der Waals surface area (Å²) >= 11 is 6.77. The number of rotatable bonds is 4. The zero-order valence-corrected chi connectivity index (χ0v) is 14.2. The number of hydrogen-bond acceptors (Lipinski definition) is 3. The molecule has 0 bridgehead atoms. The van der Waals surface area contributed by atoms with Crippen LogP contribution in [-0.2, 0) is 4.79 Å². The maximum absolute atomic E-state index is 12.2. The van der Waals surface area contributed by atoms with E-state index < -0.39 is 0 Å². The molecule has 1 unspecified atom stereocenters. The van der Waals surface area contributed by atoms with Crippen molar-refractivity contribution in [3.05, 3.63) is 27.1 Å². The van der Waals surface area contributed by atoms with E-state index in [0.717, 1.165) is 28.2 Å². The van der Waals surface area contributed by atoms with E-state index in [1.165, 1.54) is 0 Å². The SMILES string of the molecule is O=C(COc1ccc(Br)cc1Br)N1CCCCC1CO. The van der Waals surface area contributed by atoms with Crippen LogP contribution in [-0.4, -0.2) is 41.7 Å². The van der Waals surface area contributed by atoms with Gasteiger partial charge in [0.1, 0.15) is 5.75 Å². The van der Waals surface area contributed by atoms with Gasteiger partial charge in [0.2, 0.25) is 0 Å². The fourth-order valence-corrected chi connectivity index (χ4v) is 3.49. The van der Waals surface area contributed by atoms with Crippen molar-refractivity contribution in [1.82, 2.24) is 4.90 Å². The van der Waals surface area contributed by atoms with E-state index >= 15 is 0 Å². The number of benzene rings is 1. The average Bonchev–Trinajstić information content (AvgIpc) is 2.46. The Hall–Kier alpha value is -0.590. The first-order valence-corrected chi connectivity index (χ1v) is 8.18. The zero-order valence-electron chi connectivity index (χ0n) is 11.0. The molecule has 0 aliphatic carbocycles. The van der Waals surface area contributed by atoms with Crippen molar-refractivity contribution in [3.8, 4) is 5.75 Å². The number of amides is 1. The number of aliphatic hydroxyl groups is 1. The fraction of sp³-hybridized carbons (Fsp3) is 0.500. The van der Waals surface area contributed by atoms with Crippen LogP contribution in [0.5, 0.6) is 5.75 Å². The fourth-order valence-electron chi connectivity index (χ4n) is 2.33. The van der Waals surface area contributed by atoms with E-state index in [9.17, 15) is 9.90 Å². The van der Waals surface area contributed by atoms with Gasteiger partial charge in [-0.1, -0.05) is 15.9 Å². The summed E-state index contributed by atoms with van der Waals surface area (Å²) in [6.45, 7) is 0.722. The number of halogens is 2. The lowest BCUT2D eigenvalue weighted by Crippen LogP contribution is -2.47. The van der Waals surface area contributed by atoms with Crippen LogP contribution in [0, 0.1) is 0 Å². The monoisotopic (exact) mass is 405 g/mol. The van der Waals surface area contributed by atoms with E-state index in [-0.39, 0.29) is 25.2 Å². The van der Waals surface area contributed by atoms with Gasteiger partial charge in [0.25, 0.3) is 5.91 Å². The second kappa shape index (κ2) is 7.43. The van der Waals surface area contributed by atoms with E-state index in [4.69, 9.17) is 4.74 Å². The molecule has 1 atom stereocenters. The van der Waals surface area contributed by atoms with Crippen molar-refractivity contribution < 1.29 is 14.6 Å². The van der Waals surface area contributed by atoms with Crippen LogP contribution in [0.15, 0.2) is 27.1 Å². The zero-order chi connectivity index (χ0) is 14.5. The molecule has 2 rings (SSSR count). The Balaban J connectivity index is 1.94. The van der Waals surface area contributed by atoms with Crippen molar-refractivity contribution in [2.45, 2.75) is 25.3 Å². The molecule has 20 heavy (non-hydrogen) atoms. The summed E-state index contributed by atoms with van der Waals surface area (Å²) < 4.78 is 7.31. The van der Waals surface area contributed by atoms with Crippen LogP contribution < -0.4 is 4.74 Å². The highest BCUT2D eigenvalue weighted by atomic mass is 79.9. The minimum atomic E-state index is -0.0708. The number of aliphatic hydroxyl groups excluding tert-OH is 1. The van der Waals surface area contributed by atoms with Crippen LogP contribution in [0.1, 0.15) is 19.3 Å². The predicted octanol–water partition coefficient (Wildman–Crippen LogP) is 2.96. The van der Waals surface area contributed by atoms with Crippen molar-refractivity contribution in [3.63, 3.8) is 0 Å². The van der Waals surface area contributed by atoms with Crippen molar-refractivity contribution >= 4 is 37.8 Å². The van der Waals surface area contributed by atoms with Gasteiger partial charge in [-0.25, -0.2) is 0 Å². The molecule has 0 spiro atoms. The van der Waals surface area contributed by atoms with Crippen LogP contribution in [0.3, 0.4) is 0 Å². The molecule has 1 aliphatic rings. The highest BCUT2D eigenvalue weighted by Crippen LogP contribution is 2.28. The Morgan fingerprint density at radius 2 is 2.20 bits per heavy atom. The number of hydrogen-bond donors (Lipinski definition) is 1. The van der Waals surface area contributed by atoms with Gasteiger partial charge >= 0.3 is 0 Å². The standard InChI is InChI=1S/C14H17Br2NO3/c15-10-4-5-13(12(16)7-10)20-9-14(19)17-6-2-1-3-11(17)8-18/h4-5,7,11,18H,1-3,6,8-9H2. The number of carbonyl (C=O) groups excluding carboxylic acids is 1. The van der Waals surface area contributed by atoms with Gasteiger partial charge in [-0.05, 0) is 53.4 Å². The number of nitrogens with zero attached hydrogens (tertiary/aromatic N) is 1. The molecule has 4 nitrogen and oxygen atoms in total. The van der Waals surface area contributed by atoms with Crippen LogP contribution in [0.4, 0.5) is 0 Å². The lowest BCUT2D eigenvalue weighted by atomic mass is 10.0. The van der Waals surface area contributed by atoms with E-state index in [2.05, 4.69) is 31.9 Å². The summed E-state index contributed by atoms with van der Waals surface area (Å²) in [5.74, 6) is 0.567. The third kappa shape index (κ3) is 3.96. The summed E-state index contributed by atoms with van der Waals surface area (Å²) in [4.78, 5) is 13.9. The Morgan fingerprint density at radius 1 is 1.40 bits per heavy atom. The van der Waals surface area contributed by atoms with E-state index in [0.29, 0.717) is 12.3 Å². The molecule has 6 heteroatoms. The lowest BCUT2D eigenvalue weighted by Gasteiger charge is -2.34. The Kier molecular flexibility index (Phi) is 5.86. The van der Waals surface area contributed by atoms with Gasteiger partial charge in [-0.15, -0.1) is 0 Å². The van der Waals surface area contributed by atoms with E-state index in [1.807, 2.05) is 12.1 Å². The van der Waals surface area contributed by atoms with Gasteiger partial charge < -0.3 is 14.7 Å². The van der Waals surface area contributed by atoms with Crippen LogP contribution in [0.2, 0.25) is 0 Å². The Morgan fingerprint density at radius 3 is 2.90 bits per heavy atom. The molecule has 110 valence electrons. The molecule has 0 radical (unpaired) electrons. The maximum Gasteiger partial charge on any atom is 0.260 e. The third-order valence-electron chi connectivity index (χ3n) is 3.40. The van der Waals surface area contributed by atoms with Gasteiger partial charge in [0, 0.05) is 11.0 Å². The predicted molar refractivity (Wildman–Crippen MR) is 83.8 cm³/mol. The molecule has 0 aromatic heterocycles. The summed E-state index contributed by atoms with van der Waals surface area (Å²) in [6.07, 6.45) is 2.92. The first kappa shape index (κ1) is 15.8. The Bertz CT molecular complexity index is 481. The molecule has 1 heterocycles. The molecule has 1 fully saturated rings. The van der Waals surface area contributed by atoms with Crippen LogP contribution in [0.25, 0.3) is 0 Å². The minimum absolute atomic E-state index is 0.00324. The third-order valence-corrected chi connectivity index (χ3v) is 4.52. The summed E-state index contributed by atoms with van der Waals surface area (Å²) in [7, 11) is 0. The summed E-state index contributed by atoms with van der Waals surface area (Å²) in [5.41, 5.74) is 0. The number of ether oxygens (including phenoxy) is 1. The molecule has 1 aromatic carbocycles. The lowest BCUT2D eigenvalue weighted by molar-refractivity contribution is -0.138. The summed E-state index contributed by atoms with van der Waals surface area (Å²) in [6, 6.07) is 5.48. The normalized spacial score (nSPS) is 18.9.